The lowest BCUT2D eigenvalue weighted by molar-refractivity contribution is 0.886. The van der Waals surface area contributed by atoms with E-state index >= 15 is 0 Å². The molecule has 10 rings (SSSR count). The van der Waals surface area contributed by atoms with Crippen LogP contribution in [0.1, 0.15) is 81.2 Å². The molecule has 0 spiro atoms. The molecular formula is C65H66. The zero-order valence-electron chi connectivity index (χ0n) is 40.2. The summed E-state index contributed by atoms with van der Waals surface area (Å²) in [6.07, 6.45) is 5.28. The van der Waals surface area contributed by atoms with E-state index in [1.807, 2.05) is 0 Å². The Bertz CT molecular complexity index is 3070. The van der Waals surface area contributed by atoms with E-state index in [-0.39, 0.29) is 0 Å². The van der Waals surface area contributed by atoms with Gasteiger partial charge in [0, 0.05) is 0 Å². The van der Waals surface area contributed by atoms with Gasteiger partial charge in [-0.25, -0.2) is 0 Å². The van der Waals surface area contributed by atoms with Crippen LogP contribution in [-0.2, 0) is 0 Å². The maximum atomic E-state index is 2.40. The summed E-state index contributed by atoms with van der Waals surface area (Å²) in [4.78, 5) is 0. The number of unbranched alkanes of at least 4 members (excludes halogenated alkanes) is 2. The van der Waals surface area contributed by atoms with Crippen molar-refractivity contribution in [1.29, 1.82) is 0 Å². The van der Waals surface area contributed by atoms with Gasteiger partial charge in [0.2, 0.25) is 0 Å². The van der Waals surface area contributed by atoms with E-state index in [0.717, 1.165) is 0 Å². The highest BCUT2D eigenvalue weighted by Gasteiger charge is 2.19. The molecule has 0 radical (unpaired) electrons. The van der Waals surface area contributed by atoms with Crippen molar-refractivity contribution in [2.75, 3.05) is 0 Å². The highest BCUT2D eigenvalue weighted by Crippen LogP contribution is 2.46. The molecule has 326 valence electrons. The summed E-state index contributed by atoms with van der Waals surface area (Å²) >= 11 is 0. The molecule has 0 amide bonds. The molecule has 0 bridgehead atoms. The third kappa shape index (κ3) is 9.99. The van der Waals surface area contributed by atoms with Crippen LogP contribution in [0.2, 0.25) is 0 Å². The Morgan fingerprint density at radius 1 is 0.262 bits per heavy atom. The molecule has 0 heteroatoms. The molecule has 0 aliphatic heterocycles. The average Bonchev–Trinajstić information content (AvgIpc) is 3.35. The largest absolute Gasteiger partial charge is 0.0654 e. The molecule has 0 aliphatic rings. The lowest BCUT2D eigenvalue weighted by atomic mass is 9.83. The van der Waals surface area contributed by atoms with Gasteiger partial charge in [-0.1, -0.05) is 247 Å². The zero-order valence-corrected chi connectivity index (χ0v) is 40.2. The van der Waals surface area contributed by atoms with Crippen LogP contribution in [0.5, 0.6) is 0 Å². The first kappa shape index (κ1) is 46.2. The predicted octanol–water partition coefficient (Wildman–Crippen LogP) is 19.8. The van der Waals surface area contributed by atoms with Crippen LogP contribution in [-0.4, -0.2) is 0 Å². The molecule has 10 aromatic rings. The summed E-state index contributed by atoms with van der Waals surface area (Å²) in [5.41, 5.74) is 17.0. The van der Waals surface area contributed by atoms with Crippen LogP contribution in [0.4, 0.5) is 0 Å². The van der Waals surface area contributed by atoms with E-state index < -0.39 is 0 Å². The summed E-state index contributed by atoms with van der Waals surface area (Å²) < 4.78 is 0. The highest BCUT2D eigenvalue weighted by molar-refractivity contribution is 6.22. The maximum Gasteiger partial charge on any atom is -0.00263 e. The normalized spacial score (nSPS) is 10.8. The third-order valence-corrected chi connectivity index (χ3v) is 12.8. The Morgan fingerprint density at radius 2 is 0.600 bits per heavy atom. The Labute approximate surface area is 389 Å². The minimum atomic E-state index is 1.26. The van der Waals surface area contributed by atoms with E-state index in [4.69, 9.17) is 0 Å². The Kier molecular flexibility index (Phi) is 15.5. The average molecular weight is 847 g/mol. The number of hydrogen-bond donors (Lipinski definition) is 0. The minimum absolute atomic E-state index is 1.26. The quantitative estimate of drug-likeness (QED) is 0.116. The van der Waals surface area contributed by atoms with Gasteiger partial charge in [-0.2, -0.15) is 0 Å². The molecule has 0 unspecified atom stereocenters. The fourth-order valence-corrected chi connectivity index (χ4v) is 8.99. The van der Waals surface area contributed by atoms with Gasteiger partial charge in [-0.05, 0) is 144 Å². The first-order valence-electron chi connectivity index (χ1n) is 23.9. The molecule has 0 fully saturated rings. The number of aryl methyl sites for hydroxylation is 5. The van der Waals surface area contributed by atoms with Crippen molar-refractivity contribution in [2.45, 2.75) is 88.0 Å². The van der Waals surface area contributed by atoms with Crippen LogP contribution >= 0.6 is 0 Å². The van der Waals surface area contributed by atoms with E-state index in [2.05, 4.69) is 250 Å². The molecule has 0 nitrogen and oxygen atoms in total. The molecule has 65 heavy (non-hydrogen) atoms. The fourth-order valence-electron chi connectivity index (χ4n) is 8.99. The molecule has 0 heterocycles. The van der Waals surface area contributed by atoms with Gasteiger partial charge in [-0.3, -0.25) is 0 Å². The second-order valence-corrected chi connectivity index (χ2v) is 17.5. The van der Waals surface area contributed by atoms with Gasteiger partial charge in [0.25, 0.3) is 0 Å². The summed E-state index contributed by atoms with van der Waals surface area (Å²) in [6.45, 7) is 19.7. The summed E-state index contributed by atoms with van der Waals surface area (Å²) in [6, 6.07) is 68.6. The highest BCUT2D eigenvalue weighted by atomic mass is 14.2. The van der Waals surface area contributed by atoms with Crippen molar-refractivity contribution in [2.24, 2.45) is 0 Å². The molecule has 0 aromatic heterocycles. The van der Waals surface area contributed by atoms with E-state index in [1.165, 1.54) is 141 Å². The molecular weight excluding hydrogens is 781 g/mol. The predicted molar refractivity (Wildman–Crippen MR) is 290 cm³/mol. The van der Waals surface area contributed by atoms with Gasteiger partial charge in [0.1, 0.15) is 0 Å². The van der Waals surface area contributed by atoms with E-state index in [0.29, 0.717) is 0 Å². The Hall–Kier alpha value is -6.76. The second-order valence-electron chi connectivity index (χ2n) is 17.5. The van der Waals surface area contributed by atoms with Crippen molar-refractivity contribution < 1.29 is 0 Å². The minimum Gasteiger partial charge on any atom is -0.0654 e. The lowest BCUT2D eigenvalue weighted by Crippen LogP contribution is -1.94. The van der Waals surface area contributed by atoms with Crippen molar-refractivity contribution in [3.05, 3.63) is 216 Å². The van der Waals surface area contributed by atoms with Crippen LogP contribution < -0.4 is 0 Å². The van der Waals surface area contributed by atoms with Gasteiger partial charge < -0.3 is 0 Å². The van der Waals surface area contributed by atoms with Crippen molar-refractivity contribution in [3.8, 4) is 44.5 Å². The Balaban J connectivity index is 0.000000237. The summed E-state index contributed by atoms with van der Waals surface area (Å²) in [5.74, 6) is 0. The summed E-state index contributed by atoms with van der Waals surface area (Å²) in [7, 11) is 0. The van der Waals surface area contributed by atoms with Crippen LogP contribution in [0.15, 0.2) is 188 Å². The number of benzene rings is 10. The van der Waals surface area contributed by atoms with E-state index in [1.54, 1.807) is 0 Å². The van der Waals surface area contributed by atoms with Crippen LogP contribution in [0, 0.1) is 34.6 Å². The standard InChI is InChI=1S/C43H32.C14H14.2C4H10/c1-27-20-22-30(23-21-27)42-37-16-8-10-18-39(37)43(40-19-11-9-17-38(40)42)31-24-25-32(28(2)26-31)41-29(3)33-12-4-5-13-34(33)35-14-6-7-15-36(35)41;1-11-7-3-5-9-13(11)14-10-6-4-8-12(14)2;2*1-3-4-2/h4-26H,1-3H3;3-10H,1-2H3;2*3-4H2,1-2H3. The SMILES string of the molecule is CCCC.CCCC.Cc1ccc(-c2c3ccccc3c(-c3ccc(-c4c(C)c5ccccc5c5ccccc45)c(C)c3)c3ccccc23)cc1.Cc1ccccc1-c1ccccc1C. The smallest absolute Gasteiger partial charge is 0.00263 e. The topological polar surface area (TPSA) is 0 Å². The lowest BCUT2D eigenvalue weighted by Gasteiger charge is -2.20. The molecule has 0 N–H and O–H groups in total. The molecule has 0 aliphatic carbocycles. The van der Waals surface area contributed by atoms with Crippen molar-refractivity contribution >= 4 is 43.1 Å². The summed E-state index contributed by atoms with van der Waals surface area (Å²) in [5, 5.41) is 10.4. The van der Waals surface area contributed by atoms with Crippen LogP contribution in [0.3, 0.4) is 0 Å². The fraction of sp³-hybridized carbons (Fsp3) is 0.200. The van der Waals surface area contributed by atoms with Crippen LogP contribution in [0.25, 0.3) is 87.6 Å². The number of rotatable bonds is 6. The second kappa shape index (κ2) is 21.7. The maximum absolute atomic E-state index is 2.40. The van der Waals surface area contributed by atoms with Gasteiger partial charge in [0.15, 0.2) is 0 Å². The number of hydrogen-bond acceptors (Lipinski definition) is 0. The monoisotopic (exact) mass is 847 g/mol. The first-order chi connectivity index (χ1) is 31.7. The van der Waals surface area contributed by atoms with Crippen molar-refractivity contribution in [3.63, 3.8) is 0 Å². The Morgan fingerprint density at radius 3 is 1.02 bits per heavy atom. The molecule has 0 atom stereocenters. The van der Waals surface area contributed by atoms with Gasteiger partial charge in [-0.15, -0.1) is 0 Å². The van der Waals surface area contributed by atoms with Gasteiger partial charge >= 0.3 is 0 Å². The van der Waals surface area contributed by atoms with Gasteiger partial charge in [0.05, 0.1) is 0 Å². The molecule has 0 saturated carbocycles. The molecule has 0 saturated heterocycles. The number of fused-ring (bicyclic) bond motifs is 5. The van der Waals surface area contributed by atoms with E-state index in [9.17, 15) is 0 Å². The molecule has 10 aromatic carbocycles. The third-order valence-electron chi connectivity index (χ3n) is 12.8. The zero-order chi connectivity index (χ0) is 45.9. The van der Waals surface area contributed by atoms with Crippen molar-refractivity contribution in [1.82, 2.24) is 0 Å². The first-order valence-corrected chi connectivity index (χ1v) is 23.9.